The highest BCUT2D eigenvalue weighted by molar-refractivity contribution is 4.83. The minimum absolute atomic E-state index is 0.0235. The summed E-state index contributed by atoms with van der Waals surface area (Å²) in [5.74, 6) is 0. The van der Waals surface area contributed by atoms with Crippen molar-refractivity contribution >= 4 is 0 Å². The molecule has 92 valence electrons. The number of ether oxygens (including phenoxy) is 1. The zero-order valence-electron chi connectivity index (χ0n) is 11.7. The van der Waals surface area contributed by atoms with Crippen LogP contribution in [-0.2, 0) is 4.74 Å². The fourth-order valence-electron chi connectivity index (χ4n) is 1.87. The van der Waals surface area contributed by atoms with Crippen LogP contribution in [0.5, 0.6) is 0 Å². The molecule has 1 atom stereocenters. The maximum atomic E-state index is 6.34. The first-order chi connectivity index (χ1) is 6.81. The normalized spacial score (nSPS) is 16.8. The van der Waals surface area contributed by atoms with Crippen LogP contribution in [0.2, 0.25) is 0 Å². The lowest BCUT2D eigenvalue weighted by Crippen LogP contribution is -2.46. The van der Waals surface area contributed by atoms with Gasteiger partial charge in [-0.25, -0.2) is 0 Å². The average molecular weight is 215 g/mol. The van der Waals surface area contributed by atoms with E-state index in [9.17, 15) is 0 Å². The Morgan fingerprint density at radius 2 is 1.27 bits per heavy atom. The van der Waals surface area contributed by atoms with Gasteiger partial charge in [0.1, 0.15) is 0 Å². The molecule has 15 heavy (non-hydrogen) atoms. The smallest absolute Gasteiger partial charge is 0.0785 e. The SMILES string of the molecule is CCC(C)(CC)OC(C)(CC)CN(C)C. The van der Waals surface area contributed by atoms with Crippen LogP contribution in [0.15, 0.2) is 0 Å². The first-order valence-electron chi connectivity index (χ1n) is 6.15. The van der Waals surface area contributed by atoms with Crippen molar-refractivity contribution in [2.24, 2.45) is 0 Å². The molecule has 2 heteroatoms. The van der Waals surface area contributed by atoms with Gasteiger partial charge >= 0.3 is 0 Å². The second-order valence-corrected chi connectivity index (χ2v) is 5.30. The van der Waals surface area contributed by atoms with Crippen molar-refractivity contribution in [2.45, 2.75) is 65.1 Å². The molecule has 0 bridgehead atoms. The summed E-state index contributed by atoms with van der Waals surface area (Å²) in [4.78, 5) is 2.20. The van der Waals surface area contributed by atoms with Gasteiger partial charge in [0.2, 0.25) is 0 Å². The van der Waals surface area contributed by atoms with Gasteiger partial charge in [-0.1, -0.05) is 20.8 Å². The van der Waals surface area contributed by atoms with E-state index in [1.807, 2.05) is 0 Å². The molecule has 0 aromatic heterocycles. The minimum Gasteiger partial charge on any atom is -0.368 e. The molecule has 0 aromatic rings. The van der Waals surface area contributed by atoms with Crippen LogP contribution >= 0.6 is 0 Å². The minimum atomic E-state index is -0.0235. The van der Waals surface area contributed by atoms with Crippen molar-refractivity contribution in [3.8, 4) is 0 Å². The Labute approximate surface area is 96.0 Å². The summed E-state index contributed by atoms with van der Waals surface area (Å²) in [5.41, 5.74) is 0.00500. The van der Waals surface area contributed by atoms with E-state index in [4.69, 9.17) is 4.74 Å². The predicted octanol–water partition coefficient (Wildman–Crippen LogP) is 3.31. The van der Waals surface area contributed by atoms with Crippen LogP contribution in [0, 0.1) is 0 Å². The molecule has 0 saturated carbocycles. The topological polar surface area (TPSA) is 12.5 Å². The monoisotopic (exact) mass is 215 g/mol. The molecule has 0 aliphatic carbocycles. The number of hydrogen-bond acceptors (Lipinski definition) is 2. The maximum Gasteiger partial charge on any atom is 0.0785 e. The average Bonchev–Trinajstić information content (AvgIpc) is 2.16. The van der Waals surface area contributed by atoms with Gasteiger partial charge in [0.25, 0.3) is 0 Å². The first-order valence-corrected chi connectivity index (χ1v) is 6.15. The molecule has 0 heterocycles. The third kappa shape index (κ3) is 4.98. The summed E-state index contributed by atoms with van der Waals surface area (Å²) >= 11 is 0. The van der Waals surface area contributed by atoms with Gasteiger partial charge in [-0.2, -0.15) is 0 Å². The van der Waals surface area contributed by atoms with Crippen molar-refractivity contribution < 1.29 is 4.74 Å². The van der Waals surface area contributed by atoms with Crippen LogP contribution in [0.4, 0.5) is 0 Å². The summed E-state index contributed by atoms with van der Waals surface area (Å²) in [6, 6.07) is 0. The van der Waals surface area contributed by atoms with Gasteiger partial charge in [0.05, 0.1) is 11.2 Å². The highest BCUT2D eigenvalue weighted by Gasteiger charge is 2.32. The standard InChI is InChI=1S/C13H29NO/c1-8-12(4,9-2)15-13(5,10-3)11-14(6)7/h8-11H2,1-7H3. The van der Waals surface area contributed by atoms with Gasteiger partial charge in [-0.3, -0.25) is 0 Å². The number of rotatable bonds is 7. The molecule has 0 aliphatic rings. The largest absolute Gasteiger partial charge is 0.368 e. The predicted molar refractivity (Wildman–Crippen MR) is 67.3 cm³/mol. The summed E-state index contributed by atoms with van der Waals surface area (Å²) in [6.07, 6.45) is 3.21. The van der Waals surface area contributed by atoms with Crippen LogP contribution in [0.25, 0.3) is 0 Å². The van der Waals surface area contributed by atoms with Gasteiger partial charge < -0.3 is 9.64 Å². The Hall–Kier alpha value is -0.0800. The molecule has 0 saturated heterocycles. The molecule has 2 nitrogen and oxygen atoms in total. The zero-order chi connectivity index (χ0) is 12.1. The lowest BCUT2D eigenvalue weighted by Gasteiger charge is -2.40. The van der Waals surface area contributed by atoms with E-state index in [0.717, 1.165) is 25.8 Å². The second-order valence-electron chi connectivity index (χ2n) is 5.30. The van der Waals surface area contributed by atoms with E-state index in [0.29, 0.717) is 0 Å². The Balaban J connectivity index is 4.54. The van der Waals surface area contributed by atoms with Crippen molar-refractivity contribution in [3.05, 3.63) is 0 Å². The van der Waals surface area contributed by atoms with Crippen LogP contribution in [0.1, 0.15) is 53.9 Å². The van der Waals surface area contributed by atoms with E-state index in [-0.39, 0.29) is 11.2 Å². The summed E-state index contributed by atoms with van der Waals surface area (Å²) in [5, 5.41) is 0. The molecule has 0 aliphatic heterocycles. The third-order valence-corrected chi connectivity index (χ3v) is 3.39. The molecule has 1 unspecified atom stereocenters. The van der Waals surface area contributed by atoms with Crippen molar-refractivity contribution in [1.82, 2.24) is 4.90 Å². The Kier molecular flexibility index (Phi) is 5.82. The summed E-state index contributed by atoms with van der Waals surface area (Å²) in [7, 11) is 4.21. The number of nitrogens with zero attached hydrogens (tertiary/aromatic N) is 1. The summed E-state index contributed by atoms with van der Waals surface area (Å²) in [6.45, 7) is 12.0. The second kappa shape index (κ2) is 5.86. The van der Waals surface area contributed by atoms with E-state index < -0.39 is 0 Å². The lowest BCUT2D eigenvalue weighted by atomic mass is 9.95. The molecule has 0 fully saturated rings. The Morgan fingerprint density at radius 3 is 1.53 bits per heavy atom. The highest BCUT2D eigenvalue weighted by atomic mass is 16.5. The van der Waals surface area contributed by atoms with Gasteiger partial charge in [-0.05, 0) is 47.2 Å². The maximum absolute atomic E-state index is 6.34. The quantitative estimate of drug-likeness (QED) is 0.646. The third-order valence-electron chi connectivity index (χ3n) is 3.39. The fourth-order valence-corrected chi connectivity index (χ4v) is 1.87. The van der Waals surface area contributed by atoms with Crippen molar-refractivity contribution in [1.29, 1.82) is 0 Å². The lowest BCUT2D eigenvalue weighted by molar-refractivity contribution is -0.151. The van der Waals surface area contributed by atoms with Crippen LogP contribution < -0.4 is 0 Å². The highest BCUT2D eigenvalue weighted by Crippen LogP contribution is 2.29. The molecule has 0 spiro atoms. The van der Waals surface area contributed by atoms with E-state index in [1.54, 1.807) is 0 Å². The molecule has 0 rings (SSSR count). The number of likely N-dealkylation sites (N-methyl/N-ethyl adjacent to an activating group) is 1. The molecular formula is C13H29NO. The van der Waals surface area contributed by atoms with E-state index in [1.165, 1.54) is 0 Å². The van der Waals surface area contributed by atoms with Gasteiger partial charge in [-0.15, -0.1) is 0 Å². The van der Waals surface area contributed by atoms with Gasteiger partial charge in [0, 0.05) is 6.54 Å². The van der Waals surface area contributed by atoms with Crippen LogP contribution in [0.3, 0.4) is 0 Å². The van der Waals surface area contributed by atoms with E-state index >= 15 is 0 Å². The summed E-state index contributed by atoms with van der Waals surface area (Å²) < 4.78 is 6.34. The number of hydrogen-bond donors (Lipinski definition) is 0. The first kappa shape index (κ1) is 14.9. The molecule has 0 amide bonds. The Morgan fingerprint density at radius 1 is 0.867 bits per heavy atom. The molecule has 0 N–H and O–H groups in total. The van der Waals surface area contributed by atoms with E-state index in [2.05, 4.69) is 53.6 Å². The van der Waals surface area contributed by atoms with Crippen molar-refractivity contribution in [3.63, 3.8) is 0 Å². The molecular weight excluding hydrogens is 186 g/mol. The zero-order valence-corrected chi connectivity index (χ0v) is 11.7. The molecule has 0 radical (unpaired) electrons. The van der Waals surface area contributed by atoms with Gasteiger partial charge in [0.15, 0.2) is 0 Å². The molecule has 0 aromatic carbocycles. The van der Waals surface area contributed by atoms with Crippen molar-refractivity contribution in [2.75, 3.05) is 20.6 Å². The fraction of sp³-hybridized carbons (Fsp3) is 1.00. The van der Waals surface area contributed by atoms with Crippen LogP contribution in [-0.4, -0.2) is 36.7 Å². The Bertz CT molecular complexity index is 175.